The zero-order chi connectivity index (χ0) is 17.2. The Morgan fingerprint density at radius 3 is 2.46 bits per heavy atom. The van der Waals surface area contributed by atoms with Crippen molar-refractivity contribution in [3.05, 3.63) is 29.8 Å². The van der Waals surface area contributed by atoms with Gasteiger partial charge in [0.05, 0.1) is 19.8 Å². The number of benzene rings is 1. The molecule has 1 amide bonds. The second kappa shape index (κ2) is 9.93. The molecule has 6 heteroatoms. The summed E-state index contributed by atoms with van der Waals surface area (Å²) in [6.45, 7) is 0.799. The van der Waals surface area contributed by atoms with Crippen LogP contribution in [-0.4, -0.2) is 45.4 Å². The zero-order valence-corrected chi connectivity index (χ0v) is 14.4. The average molecular weight is 334 g/mol. The molecule has 0 saturated heterocycles. The first-order chi connectivity index (χ1) is 11.7. The lowest BCUT2D eigenvalue weighted by Crippen LogP contribution is -2.34. The van der Waals surface area contributed by atoms with Crippen molar-refractivity contribution in [2.75, 3.05) is 27.4 Å². The molecule has 1 aliphatic rings. The van der Waals surface area contributed by atoms with Gasteiger partial charge in [-0.3, -0.25) is 10.1 Å². The number of amides is 1. The van der Waals surface area contributed by atoms with Gasteiger partial charge in [0.25, 0.3) is 11.9 Å². The van der Waals surface area contributed by atoms with Crippen molar-refractivity contribution in [2.24, 2.45) is 4.99 Å². The third-order valence-corrected chi connectivity index (χ3v) is 3.97. The van der Waals surface area contributed by atoms with Gasteiger partial charge in [0.15, 0.2) is 0 Å². The molecule has 1 fully saturated rings. The van der Waals surface area contributed by atoms with Crippen molar-refractivity contribution in [1.29, 1.82) is 0 Å². The Morgan fingerprint density at radius 2 is 1.83 bits per heavy atom. The van der Waals surface area contributed by atoms with E-state index in [2.05, 4.69) is 10.3 Å². The van der Waals surface area contributed by atoms with E-state index in [1.165, 1.54) is 19.3 Å². The van der Waals surface area contributed by atoms with Crippen molar-refractivity contribution >= 4 is 11.9 Å². The van der Waals surface area contributed by atoms with Crippen molar-refractivity contribution < 1.29 is 19.0 Å². The molecule has 1 aliphatic carbocycles. The number of hydrogen-bond acceptors (Lipinski definition) is 5. The maximum absolute atomic E-state index is 12.4. The molecule has 24 heavy (non-hydrogen) atoms. The highest BCUT2D eigenvalue weighted by atomic mass is 16.5. The molecule has 0 heterocycles. The molecular weight excluding hydrogens is 308 g/mol. The Labute approximate surface area is 143 Å². The molecule has 0 atom stereocenters. The molecule has 1 saturated carbocycles. The van der Waals surface area contributed by atoms with Crippen LogP contribution in [0.3, 0.4) is 0 Å². The Balaban J connectivity index is 2.01. The highest BCUT2D eigenvalue weighted by molar-refractivity contribution is 6.04. The van der Waals surface area contributed by atoms with Crippen LogP contribution in [0.25, 0.3) is 0 Å². The summed E-state index contributed by atoms with van der Waals surface area (Å²) in [5, 5.41) is 2.77. The van der Waals surface area contributed by atoms with Crippen LogP contribution >= 0.6 is 0 Å². The lowest BCUT2D eigenvalue weighted by Gasteiger charge is -2.19. The molecule has 0 radical (unpaired) electrons. The second-order valence-electron chi connectivity index (χ2n) is 5.75. The third kappa shape index (κ3) is 5.85. The van der Waals surface area contributed by atoms with Gasteiger partial charge in [0.2, 0.25) is 0 Å². The largest absolute Gasteiger partial charge is 0.497 e. The van der Waals surface area contributed by atoms with Gasteiger partial charge in [-0.25, -0.2) is 4.99 Å². The highest BCUT2D eigenvalue weighted by Crippen LogP contribution is 2.20. The van der Waals surface area contributed by atoms with Crippen LogP contribution in [0.4, 0.5) is 0 Å². The Kier molecular flexibility index (Phi) is 7.55. The fraction of sp³-hybridized carbons (Fsp3) is 0.556. The van der Waals surface area contributed by atoms with E-state index in [9.17, 15) is 4.79 Å². The van der Waals surface area contributed by atoms with Gasteiger partial charge in [-0.2, -0.15) is 0 Å². The Hall–Kier alpha value is -2.08. The molecule has 6 nitrogen and oxygen atoms in total. The van der Waals surface area contributed by atoms with Gasteiger partial charge >= 0.3 is 0 Å². The summed E-state index contributed by atoms with van der Waals surface area (Å²) in [7, 11) is 3.20. The number of nitrogens with zero attached hydrogens (tertiary/aromatic N) is 1. The summed E-state index contributed by atoms with van der Waals surface area (Å²) in [5.41, 5.74) is 0.530. The molecule has 0 spiro atoms. The zero-order valence-electron chi connectivity index (χ0n) is 14.4. The predicted octanol–water partition coefficient (Wildman–Crippen LogP) is 2.78. The number of carbonyl (C=O) groups excluding carboxylic acids is 1. The van der Waals surface area contributed by atoms with Crippen LogP contribution in [0.1, 0.15) is 42.5 Å². The molecule has 1 aromatic rings. The number of nitrogens with one attached hydrogen (secondary N) is 1. The summed E-state index contributed by atoms with van der Waals surface area (Å²) in [6, 6.07) is 7.41. The minimum absolute atomic E-state index is 0.215. The summed E-state index contributed by atoms with van der Waals surface area (Å²) >= 11 is 0. The number of hydrogen-bond donors (Lipinski definition) is 1. The molecule has 1 N–H and O–H groups in total. The first-order valence-corrected chi connectivity index (χ1v) is 8.38. The van der Waals surface area contributed by atoms with E-state index >= 15 is 0 Å². The van der Waals surface area contributed by atoms with Crippen LogP contribution in [0.15, 0.2) is 29.3 Å². The molecule has 0 unspecified atom stereocenters. The Bertz CT molecular complexity index is 536. The SMILES string of the molecule is COCCOC(=NC1CCCCC1)NC(=O)c1ccc(OC)cc1. The lowest BCUT2D eigenvalue weighted by molar-refractivity contribution is 0.0953. The van der Waals surface area contributed by atoms with Gasteiger partial charge in [0.1, 0.15) is 12.4 Å². The van der Waals surface area contributed by atoms with Crippen molar-refractivity contribution in [3.63, 3.8) is 0 Å². The quantitative estimate of drug-likeness (QED) is 0.493. The molecule has 0 bridgehead atoms. The van der Waals surface area contributed by atoms with Crippen molar-refractivity contribution in [1.82, 2.24) is 5.32 Å². The fourth-order valence-electron chi connectivity index (χ4n) is 2.61. The van der Waals surface area contributed by atoms with Gasteiger partial charge < -0.3 is 14.2 Å². The first-order valence-electron chi connectivity index (χ1n) is 8.38. The van der Waals surface area contributed by atoms with Crippen molar-refractivity contribution in [2.45, 2.75) is 38.1 Å². The van der Waals surface area contributed by atoms with Gasteiger partial charge in [-0.15, -0.1) is 0 Å². The maximum Gasteiger partial charge on any atom is 0.292 e. The summed E-state index contributed by atoms with van der Waals surface area (Å²) in [6.07, 6.45) is 5.67. The average Bonchev–Trinajstić information content (AvgIpc) is 2.62. The lowest BCUT2D eigenvalue weighted by atomic mass is 9.96. The van der Waals surface area contributed by atoms with Crippen LogP contribution in [0.5, 0.6) is 5.75 Å². The van der Waals surface area contributed by atoms with Crippen LogP contribution < -0.4 is 10.1 Å². The van der Waals surface area contributed by atoms with Gasteiger partial charge in [-0.1, -0.05) is 19.3 Å². The van der Waals surface area contributed by atoms with E-state index in [1.54, 1.807) is 38.5 Å². The first kappa shape index (κ1) is 18.3. The fourth-order valence-corrected chi connectivity index (χ4v) is 2.61. The van der Waals surface area contributed by atoms with Gasteiger partial charge in [-0.05, 0) is 37.1 Å². The topological polar surface area (TPSA) is 69.2 Å². The number of ether oxygens (including phenoxy) is 3. The van der Waals surface area contributed by atoms with E-state index in [0.29, 0.717) is 24.5 Å². The van der Waals surface area contributed by atoms with Crippen LogP contribution in [0, 0.1) is 0 Å². The summed E-state index contributed by atoms with van der Waals surface area (Å²) < 4.78 is 15.7. The van der Waals surface area contributed by atoms with Crippen LogP contribution in [0.2, 0.25) is 0 Å². The monoisotopic (exact) mass is 334 g/mol. The van der Waals surface area contributed by atoms with Gasteiger partial charge in [0, 0.05) is 12.7 Å². The number of methoxy groups -OCH3 is 2. The van der Waals surface area contributed by atoms with E-state index in [-0.39, 0.29) is 18.0 Å². The van der Waals surface area contributed by atoms with Crippen LogP contribution in [-0.2, 0) is 9.47 Å². The molecule has 0 aliphatic heterocycles. The molecule has 0 aromatic heterocycles. The highest BCUT2D eigenvalue weighted by Gasteiger charge is 2.16. The smallest absolute Gasteiger partial charge is 0.292 e. The Morgan fingerprint density at radius 1 is 1.12 bits per heavy atom. The minimum atomic E-state index is -0.246. The maximum atomic E-state index is 12.4. The number of aliphatic imine (C=N–C) groups is 1. The van der Waals surface area contributed by atoms with Crippen molar-refractivity contribution in [3.8, 4) is 5.75 Å². The number of rotatable bonds is 6. The number of carbonyl (C=O) groups is 1. The third-order valence-electron chi connectivity index (χ3n) is 3.97. The molecule has 2 rings (SSSR count). The molecule has 1 aromatic carbocycles. The minimum Gasteiger partial charge on any atom is -0.497 e. The number of amidine groups is 1. The summed E-state index contributed by atoms with van der Waals surface area (Å²) in [4.78, 5) is 17.0. The molecule has 132 valence electrons. The standard InChI is InChI=1S/C18H26N2O4/c1-22-12-13-24-18(19-15-6-4-3-5-7-15)20-17(21)14-8-10-16(23-2)11-9-14/h8-11,15H,3-7,12-13H2,1-2H3,(H,19,20,21). The predicted molar refractivity (Wildman–Crippen MR) is 92.6 cm³/mol. The summed E-state index contributed by atoms with van der Waals surface area (Å²) in [5.74, 6) is 0.462. The van der Waals surface area contributed by atoms with E-state index < -0.39 is 0 Å². The van der Waals surface area contributed by atoms with E-state index in [0.717, 1.165) is 12.8 Å². The second-order valence-corrected chi connectivity index (χ2v) is 5.75. The van der Waals surface area contributed by atoms with E-state index in [1.807, 2.05) is 0 Å². The van der Waals surface area contributed by atoms with E-state index in [4.69, 9.17) is 14.2 Å². The normalized spacial score (nSPS) is 15.8. The molecular formula is C18H26N2O4.